The molecule has 1 aliphatic heterocycles. The van der Waals surface area contributed by atoms with Crippen molar-refractivity contribution in [3.05, 3.63) is 45.2 Å². The number of H-pyrrole nitrogens is 1. The van der Waals surface area contributed by atoms with E-state index in [4.69, 9.17) is 11.6 Å². The predicted molar refractivity (Wildman–Crippen MR) is 107 cm³/mol. The lowest BCUT2D eigenvalue weighted by atomic mass is 10.1. The van der Waals surface area contributed by atoms with Crippen LogP contribution in [0.2, 0.25) is 5.02 Å². The van der Waals surface area contributed by atoms with Gasteiger partial charge in [0.15, 0.2) is 5.75 Å². The molecule has 7 nitrogen and oxygen atoms in total. The van der Waals surface area contributed by atoms with Gasteiger partial charge in [-0.2, -0.15) is 5.10 Å². The predicted octanol–water partition coefficient (Wildman–Crippen LogP) is 1.96. The zero-order valence-electron chi connectivity index (χ0n) is 15.1. The molecule has 8 heteroatoms. The molecule has 0 atom stereocenters. The third-order valence-corrected chi connectivity index (χ3v) is 5.36. The van der Waals surface area contributed by atoms with Crippen LogP contribution in [0.1, 0.15) is 5.69 Å². The maximum absolute atomic E-state index is 12.8. The van der Waals surface area contributed by atoms with Crippen molar-refractivity contribution in [3.63, 3.8) is 0 Å². The number of benzene rings is 1. The van der Waals surface area contributed by atoms with Gasteiger partial charge in [0.1, 0.15) is 5.65 Å². The maximum atomic E-state index is 12.8. The Bertz CT molecular complexity index is 1040. The van der Waals surface area contributed by atoms with Gasteiger partial charge in [-0.1, -0.05) is 29.8 Å². The van der Waals surface area contributed by atoms with E-state index in [0.29, 0.717) is 39.6 Å². The molecule has 0 radical (unpaired) electrons. The lowest BCUT2D eigenvalue weighted by Gasteiger charge is -2.27. The molecule has 1 fully saturated rings. The molecule has 0 saturated carbocycles. The van der Waals surface area contributed by atoms with Crippen molar-refractivity contribution < 1.29 is 5.11 Å². The molecular formula is C19H22ClN5O2. The Hall–Kier alpha value is -2.35. The van der Waals surface area contributed by atoms with Gasteiger partial charge in [-0.05, 0) is 13.0 Å². The molecule has 3 N–H and O–H groups in total. The molecule has 1 aromatic carbocycles. The standard InChI is InChI=1S/C19H22ClN5O2/c1-12-15-17(26)18(27)16(13-4-2-3-5-14(13)20)22-19(15)25(23-12)11-10-24-8-6-21-7-9-24/h2-5,21,27H,6-11H2,1H3,(H,22,26). The topological polar surface area (TPSA) is 86.2 Å². The van der Waals surface area contributed by atoms with Gasteiger partial charge >= 0.3 is 0 Å². The first-order chi connectivity index (χ1) is 13.1. The van der Waals surface area contributed by atoms with E-state index in [9.17, 15) is 9.90 Å². The molecule has 142 valence electrons. The van der Waals surface area contributed by atoms with Gasteiger partial charge in [-0.15, -0.1) is 0 Å². The quantitative estimate of drug-likeness (QED) is 0.637. The van der Waals surface area contributed by atoms with E-state index in [0.717, 1.165) is 32.7 Å². The lowest BCUT2D eigenvalue weighted by Crippen LogP contribution is -2.44. The van der Waals surface area contributed by atoms with Gasteiger partial charge in [0, 0.05) is 38.3 Å². The zero-order chi connectivity index (χ0) is 19.0. The zero-order valence-corrected chi connectivity index (χ0v) is 15.9. The molecule has 0 amide bonds. The summed E-state index contributed by atoms with van der Waals surface area (Å²) in [7, 11) is 0. The minimum atomic E-state index is -0.426. The summed E-state index contributed by atoms with van der Waals surface area (Å²) in [6.45, 7) is 7.27. The van der Waals surface area contributed by atoms with Gasteiger partial charge in [-0.3, -0.25) is 9.69 Å². The van der Waals surface area contributed by atoms with E-state index >= 15 is 0 Å². The number of hydrogen-bond acceptors (Lipinski definition) is 5. The van der Waals surface area contributed by atoms with Gasteiger partial charge < -0.3 is 15.4 Å². The molecular weight excluding hydrogens is 366 g/mol. The summed E-state index contributed by atoms with van der Waals surface area (Å²) in [5.74, 6) is -0.333. The smallest absolute Gasteiger partial charge is 0.235 e. The molecule has 0 unspecified atom stereocenters. The van der Waals surface area contributed by atoms with Gasteiger partial charge in [-0.25, -0.2) is 4.68 Å². The highest BCUT2D eigenvalue weighted by molar-refractivity contribution is 6.33. The Balaban J connectivity index is 1.77. The van der Waals surface area contributed by atoms with Crippen LogP contribution in [0.5, 0.6) is 5.75 Å². The molecule has 3 aromatic rings. The first-order valence-electron chi connectivity index (χ1n) is 9.06. The molecule has 1 saturated heterocycles. The molecule has 3 heterocycles. The number of aromatic hydroxyl groups is 1. The third-order valence-electron chi connectivity index (χ3n) is 5.03. The summed E-state index contributed by atoms with van der Waals surface area (Å²) < 4.78 is 1.81. The number of nitrogens with zero attached hydrogens (tertiary/aromatic N) is 3. The fraction of sp³-hybridized carbons (Fsp3) is 0.368. The number of piperazine rings is 1. The summed E-state index contributed by atoms with van der Waals surface area (Å²) >= 11 is 6.27. The highest BCUT2D eigenvalue weighted by Gasteiger charge is 2.20. The number of rotatable bonds is 4. The van der Waals surface area contributed by atoms with Crippen LogP contribution in [0, 0.1) is 6.92 Å². The van der Waals surface area contributed by atoms with Crippen LogP contribution < -0.4 is 10.7 Å². The Morgan fingerprint density at radius 2 is 1.96 bits per heavy atom. The first kappa shape index (κ1) is 18.0. The Kier molecular flexibility index (Phi) is 4.90. The number of aryl methyl sites for hydroxylation is 1. The normalized spacial score (nSPS) is 15.5. The number of nitrogens with one attached hydrogen (secondary N) is 2. The van der Waals surface area contributed by atoms with Crippen LogP contribution in [0.4, 0.5) is 0 Å². The number of aromatic amines is 1. The molecule has 0 aliphatic carbocycles. The molecule has 0 spiro atoms. The molecule has 27 heavy (non-hydrogen) atoms. The van der Waals surface area contributed by atoms with Crippen molar-refractivity contribution in [1.82, 2.24) is 25.0 Å². The van der Waals surface area contributed by atoms with Crippen molar-refractivity contribution >= 4 is 22.6 Å². The average molecular weight is 388 g/mol. The number of fused-ring (bicyclic) bond motifs is 1. The third kappa shape index (κ3) is 3.34. The van der Waals surface area contributed by atoms with E-state index in [2.05, 4.69) is 20.3 Å². The van der Waals surface area contributed by atoms with E-state index in [1.165, 1.54) is 0 Å². The lowest BCUT2D eigenvalue weighted by molar-refractivity contribution is 0.230. The molecule has 0 bridgehead atoms. The van der Waals surface area contributed by atoms with Crippen molar-refractivity contribution in [1.29, 1.82) is 0 Å². The Labute approximate surface area is 161 Å². The Morgan fingerprint density at radius 3 is 2.70 bits per heavy atom. The van der Waals surface area contributed by atoms with Crippen molar-refractivity contribution in [2.24, 2.45) is 0 Å². The van der Waals surface area contributed by atoms with Gasteiger partial charge in [0.05, 0.1) is 28.3 Å². The number of aromatic nitrogens is 3. The van der Waals surface area contributed by atoms with Gasteiger partial charge in [0.25, 0.3) is 0 Å². The number of pyridine rings is 1. The van der Waals surface area contributed by atoms with Gasteiger partial charge in [0.2, 0.25) is 5.43 Å². The monoisotopic (exact) mass is 387 g/mol. The number of hydrogen-bond donors (Lipinski definition) is 3. The highest BCUT2D eigenvalue weighted by atomic mass is 35.5. The van der Waals surface area contributed by atoms with Crippen LogP contribution in [0.25, 0.3) is 22.3 Å². The van der Waals surface area contributed by atoms with Crippen molar-refractivity contribution in [2.45, 2.75) is 13.5 Å². The second-order valence-corrected chi connectivity index (χ2v) is 7.19. The average Bonchev–Trinajstić information content (AvgIpc) is 3.00. The maximum Gasteiger partial charge on any atom is 0.235 e. The van der Waals surface area contributed by atoms with Crippen LogP contribution in [-0.4, -0.2) is 57.5 Å². The Morgan fingerprint density at radius 1 is 1.22 bits per heavy atom. The second-order valence-electron chi connectivity index (χ2n) is 6.78. The minimum absolute atomic E-state index is 0.321. The summed E-state index contributed by atoms with van der Waals surface area (Å²) in [6.07, 6.45) is 0. The van der Waals surface area contributed by atoms with Crippen molar-refractivity contribution in [2.75, 3.05) is 32.7 Å². The largest absolute Gasteiger partial charge is 0.503 e. The number of halogens is 1. The minimum Gasteiger partial charge on any atom is -0.503 e. The summed E-state index contributed by atoms with van der Waals surface area (Å²) in [6, 6.07) is 7.12. The van der Waals surface area contributed by atoms with Crippen LogP contribution >= 0.6 is 11.6 Å². The van der Waals surface area contributed by atoms with Crippen LogP contribution in [-0.2, 0) is 6.54 Å². The van der Waals surface area contributed by atoms with E-state index in [1.54, 1.807) is 25.1 Å². The highest BCUT2D eigenvalue weighted by Crippen LogP contribution is 2.32. The molecule has 2 aromatic heterocycles. The summed E-state index contributed by atoms with van der Waals surface area (Å²) in [5, 5.41) is 19.2. The molecule has 1 aliphatic rings. The fourth-order valence-corrected chi connectivity index (χ4v) is 3.81. The fourth-order valence-electron chi connectivity index (χ4n) is 3.58. The van der Waals surface area contributed by atoms with Crippen LogP contribution in [0.3, 0.4) is 0 Å². The molecule has 4 rings (SSSR count). The second kappa shape index (κ2) is 7.34. The van der Waals surface area contributed by atoms with Crippen molar-refractivity contribution in [3.8, 4) is 17.0 Å². The van der Waals surface area contributed by atoms with Crippen LogP contribution in [0.15, 0.2) is 29.1 Å². The summed E-state index contributed by atoms with van der Waals surface area (Å²) in [5.41, 5.74) is 1.70. The van der Waals surface area contributed by atoms with E-state index in [1.807, 2.05) is 10.7 Å². The van der Waals surface area contributed by atoms with E-state index in [-0.39, 0.29) is 5.75 Å². The SMILES string of the molecule is Cc1nn(CCN2CCNCC2)c2[nH]c(-c3ccccc3Cl)c(O)c(=O)c12. The summed E-state index contributed by atoms with van der Waals surface area (Å²) in [4.78, 5) is 18.4. The van der Waals surface area contributed by atoms with E-state index < -0.39 is 5.43 Å². The first-order valence-corrected chi connectivity index (χ1v) is 9.44.